The summed E-state index contributed by atoms with van der Waals surface area (Å²) >= 11 is 0. The zero-order valence-electron chi connectivity index (χ0n) is 11.2. The molecule has 3 heteroatoms. The molecule has 1 amide bonds. The van der Waals surface area contributed by atoms with Gasteiger partial charge in [0.1, 0.15) is 0 Å². The van der Waals surface area contributed by atoms with Crippen molar-refractivity contribution >= 4 is 5.91 Å². The van der Waals surface area contributed by atoms with Crippen LogP contribution in [0.2, 0.25) is 0 Å². The summed E-state index contributed by atoms with van der Waals surface area (Å²) in [5.41, 5.74) is -0.0502. The minimum atomic E-state index is -0.0502. The molecule has 0 saturated carbocycles. The van der Waals surface area contributed by atoms with Gasteiger partial charge in [0, 0.05) is 19.5 Å². The van der Waals surface area contributed by atoms with E-state index in [0.29, 0.717) is 19.6 Å². The molecule has 1 atom stereocenters. The van der Waals surface area contributed by atoms with E-state index in [-0.39, 0.29) is 11.3 Å². The first-order valence-electron chi connectivity index (χ1n) is 6.60. The highest BCUT2D eigenvalue weighted by molar-refractivity contribution is 5.77. The summed E-state index contributed by atoms with van der Waals surface area (Å²) in [5, 5.41) is 0. The average Bonchev–Trinajstić information content (AvgIpc) is 2.37. The molecule has 3 nitrogen and oxygen atoms in total. The average molecular weight is 239 g/mol. The first-order valence-corrected chi connectivity index (χ1v) is 6.60. The third-order valence-electron chi connectivity index (χ3n) is 3.51. The maximum Gasteiger partial charge on any atom is 0.223 e. The smallest absolute Gasteiger partial charge is 0.223 e. The summed E-state index contributed by atoms with van der Waals surface area (Å²) in [6.07, 6.45) is 5.88. The number of amides is 1. The number of hydrogen-bond acceptors (Lipinski definition) is 2. The Kier molecular flexibility index (Phi) is 5.69. The normalized spacial score (nSPS) is 19.8. The van der Waals surface area contributed by atoms with Crippen LogP contribution in [0.5, 0.6) is 0 Å². The van der Waals surface area contributed by atoms with Crippen LogP contribution in [0.25, 0.3) is 0 Å². The van der Waals surface area contributed by atoms with Crippen molar-refractivity contribution in [2.24, 2.45) is 5.41 Å². The Labute approximate surface area is 105 Å². The molecule has 17 heavy (non-hydrogen) atoms. The Morgan fingerprint density at radius 2 is 2.12 bits per heavy atom. The molecule has 0 radical (unpaired) electrons. The second kappa shape index (κ2) is 6.80. The maximum absolute atomic E-state index is 12.2. The monoisotopic (exact) mass is 239 g/mol. The molecule has 1 rings (SSSR count). The molecule has 1 fully saturated rings. The van der Waals surface area contributed by atoms with Crippen molar-refractivity contribution < 1.29 is 9.53 Å². The van der Waals surface area contributed by atoms with Crippen molar-refractivity contribution in [3.8, 4) is 0 Å². The van der Waals surface area contributed by atoms with Gasteiger partial charge < -0.3 is 9.64 Å². The number of ether oxygens (including phenoxy) is 1. The van der Waals surface area contributed by atoms with Crippen molar-refractivity contribution in [2.75, 3.05) is 26.3 Å². The van der Waals surface area contributed by atoms with Crippen LogP contribution in [0.4, 0.5) is 0 Å². The largest absolute Gasteiger partial charge is 0.378 e. The number of unbranched alkanes of at least 4 members (excludes halogenated alkanes) is 1. The number of nitrogens with zero attached hydrogens (tertiary/aromatic N) is 1. The Hall–Kier alpha value is -0.830. The van der Waals surface area contributed by atoms with E-state index in [0.717, 1.165) is 32.4 Å². The van der Waals surface area contributed by atoms with Gasteiger partial charge >= 0.3 is 0 Å². The Bertz CT molecular complexity index is 259. The molecule has 0 unspecified atom stereocenters. The highest BCUT2D eigenvalue weighted by Crippen LogP contribution is 2.30. The third kappa shape index (κ3) is 4.50. The number of carbonyl (C=O) groups is 1. The molecular weight excluding hydrogens is 214 g/mol. The van der Waals surface area contributed by atoms with Gasteiger partial charge in [-0.15, -0.1) is 6.58 Å². The highest BCUT2D eigenvalue weighted by Gasteiger charge is 2.27. The molecule has 98 valence electrons. The predicted octanol–water partition coefficient (Wildman–Crippen LogP) is 2.62. The van der Waals surface area contributed by atoms with Gasteiger partial charge in [0.25, 0.3) is 0 Å². The maximum atomic E-state index is 12.2. The van der Waals surface area contributed by atoms with Crippen LogP contribution in [0.3, 0.4) is 0 Å². The fraction of sp³-hybridized carbons (Fsp3) is 0.786. The summed E-state index contributed by atoms with van der Waals surface area (Å²) < 4.78 is 5.26. The Balaban J connectivity index is 2.48. The van der Waals surface area contributed by atoms with E-state index in [1.165, 1.54) is 0 Å². The SMILES string of the molecule is C=C[C@](C)(CCCC)CC(=O)N1CCOCC1. The fourth-order valence-corrected chi connectivity index (χ4v) is 2.11. The Morgan fingerprint density at radius 1 is 1.47 bits per heavy atom. The standard InChI is InChI=1S/C14H25NO2/c1-4-6-7-14(3,5-2)12-13(16)15-8-10-17-11-9-15/h5H,2,4,6-12H2,1,3H3/t14-/m1/s1. The predicted molar refractivity (Wildman–Crippen MR) is 69.8 cm³/mol. The fourth-order valence-electron chi connectivity index (χ4n) is 2.11. The molecule has 1 heterocycles. The van der Waals surface area contributed by atoms with Gasteiger partial charge in [0.05, 0.1) is 13.2 Å². The van der Waals surface area contributed by atoms with E-state index >= 15 is 0 Å². The molecule has 1 saturated heterocycles. The van der Waals surface area contributed by atoms with Crippen LogP contribution in [0, 0.1) is 5.41 Å². The number of allylic oxidation sites excluding steroid dienone is 1. The molecule has 0 aromatic rings. The minimum Gasteiger partial charge on any atom is -0.378 e. The lowest BCUT2D eigenvalue weighted by Gasteiger charge is -2.31. The van der Waals surface area contributed by atoms with Crippen molar-refractivity contribution in [2.45, 2.75) is 39.5 Å². The van der Waals surface area contributed by atoms with E-state index in [1.54, 1.807) is 0 Å². The molecule has 1 aliphatic heterocycles. The van der Waals surface area contributed by atoms with E-state index in [9.17, 15) is 4.79 Å². The van der Waals surface area contributed by atoms with Crippen molar-refractivity contribution in [3.05, 3.63) is 12.7 Å². The van der Waals surface area contributed by atoms with E-state index < -0.39 is 0 Å². The number of hydrogen-bond donors (Lipinski definition) is 0. The van der Waals surface area contributed by atoms with Crippen LogP contribution in [0.15, 0.2) is 12.7 Å². The first kappa shape index (κ1) is 14.2. The molecule has 0 bridgehead atoms. The Morgan fingerprint density at radius 3 is 2.65 bits per heavy atom. The van der Waals surface area contributed by atoms with Crippen LogP contribution >= 0.6 is 0 Å². The lowest BCUT2D eigenvalue weighted by Crippen LogP contribution is -2.42. The highest BCUT2D eigenvalue weighted by atomic mass is 16.5. The van der Waals surface area contributed by atoms with E-state index in [1.807, 2.05) is 11.0 Å². The molecule has 0 N–H and O–H groups in total. The zero-order chi connectivity index (χ0) is 12.7. The van der Waals surface area contributed by atoms with Gasteiger partial charge in [-0.2, -0.15) is 0 Å². The van der Waals surface area contributed by atoms with Crippen molar-refractivity contribution in [1.82, 2.24) is 4.90 Å². The number of carbonyl (C=O) groups excluding carboxylic acids is 1. The van der Waals surface area contributed by atoms with Gasteiger partial charge in [-0.3, -0.25) is 4.79 Å². The lowest BCUT2D eigenvalue weighted by atomic mass is 9.81. The van der Waals surface area contributed by atoms with Crippen LogP contribution in [0.1, 0.15) is 39.5 Å². The van der Waals surface area contributed by atoms with Crippen LogP contribution in [-0.2, 0) is 9.53 Å². The van der Waals surface area contributed by atoms with Crippen molar-refractivity contribution in [1.29, 1.82) is 0 Å². The molecule has 0 aliphatic carbocycles. The van der Waals surface area contributed by atoms with Gasteiger partial charge in [-0.25, -0.2) is 0 Å². The van der Waals surface area contributed by atoms with Gasteiger partial charge in [-0.1, -0.05) is 32.8 Å². The third-order valence-corrected chi connectivity index (χ3v) is 3.51. The molecular formula is C14H25NO2. The summed E-state index contributed by atoms with van der Waals surface area (Å²) in [4.78, 5) is 14.1. The van der Waals surface area contributed by atoms with Crippen molar-refractivity contribution in [3.63, 3.8) is 0 Å². The molecule has 0 aromatic heterocycles. The summed E-state index contributed by atoms with van der Waals surface area (Å²) in [5.74, 6) is 0.242. The van der Waals surface area contributed by atoms with Gasteiger partial charge in [-0.05, 0) is 11.8 Å². The molecule has 0 aromatic carbocycles. The zero-order valence-corrected chi connectivity index (χ0v) is 11.2. The van der Waals surface area contributed by atoms with Gasteiger partial charge in [0.15, 0.2) is 0 Å². The number of morpholine rings is 1. The summed E-state index contributed by atoms with van der Waals surface area (Å²) in [7, 11) is 0. The van der Waals surface area contributed by atoms with E-state index in [2.05, 4.69) is 20.4 Å². The minimum absolute atomic E-state index is 0.0502. The summed E-state index contributed by atoms with van der Waals surface area (Å²) in [6, 6.07) is 0. The van der Waals surface area contributed by atoms with Crippen LogP contribution in [-0.4, -0.2) is 37.1 Å². The molecule has 0 spiro atoms. The second-order valence-corrected chi connectivity index (χ2v) is 5.13. The summed E-state index contributed by atoms with van der Waals surface area (Å²) in [6.45, 7) is 11.0. The quantitative estimate of drug-likeness (QED) is 0.667. The first-order chi connectivity index (χ1) is 8.11. The topological polar surface area (TPSA) is 29.5 Å². The molecule has 1 aliphatic rings. The number of rotatable bonds is 6. The van der Waals surface area contributed by atoms with E-state index in [4.69, 9.17) is 4.74 Å². The van der Waals surface area contributed by atoms with Crippen LogP contribution < -0.4 is 0 Å². The lowest BCUT2D eigenvalue weighted by molar-refractivity contribution is -0.137. The second-order valence-electron chi connectivity index (χ2n) is 5.13. The van der Waals surface area contributed by atoms with Gasteiger partial charge in [0.2, 0.25) is 5.91 Å².